The van der Waals surface area contributed by atoms with Crippen LogP contribution in [0.15, 0.2) is 109 Å². The van der Waals surface area contributed by atoms with Crippen molar-refractivity contribution in [1.82, 2.24) is 15.5 Å². The first-order chi connectivity index (χ1) is 21.7. The minimum Gasteiger partial charge on any atom is -0.390 e. The van der Waals surface area contributed by atoms with Crippen molar-refractivity contribution >= 4 is 11.8 Å². The lowest BCUT2D eigenvalue weighted by molar-refractivity contribution is -0.137. The minimum atomic E-state index is -4.44. The first-order valence-electron chi connectivity index (χ1n) is 15.0. The van der Waals surface area contributed by atoms with Gasteiger partial charge in [-0.05, 0) is 60.2 Å². The second kappa shape index (κ2) is 14.5. The van der Waals surface area contributed by atoms with Crippen molar-refractivity contribution in [2.45, 2.75) is 50.2 Å². The summed E-state index contributed by atoms with van der Waals surface area (Å²) in [4.78, 5) is 28.9. The molecule has 4 aromatic rings. The van der Waals surface area contributed by atoms with Gasteiger partial charge in [0.1, 0.15) is 0 Å². The average Bonchev–Trinajstić information content (AvgIpc) is 3.55. The summed E-state index contributed by atoms with van der Waals surface area (Å²) in [5.74, 6) is -0.584. The normalized spacial score (nSPS) is 16.3. The number of hydrogen-bond acceptors (Lipinski definition) is 4. The largest absolute Gasteiger partial charge is 0.416 e. The van der Waals surface area contributed by atoms with Crippen LogP contribution < -0.4 is 10.6 Å². The van der Waals surface area contributed by atoms with Crippen LogP contribution in [-0.2, 0) is 19.1 Å². The number of aliphatic hydroxyl groups is 1. The molecule has 1 aliphatic heterocycles. The molecular weight excluding hydrogens is 579 g/mol. The van der Waals surface area contributed by atoms with Crippen LogP contribution in [0.4, 0.5) is 13.2 Å². The summed E-state index contributed by atoms with van der Waals surface area (Å²) in [7, 11) is 0. The van der Waals surface area contributed by atoms with Crippen molar-refractivity contribution in [3.05, 3.63) is 143 Å². The predicted octanol–water partition coefficient (Wildman–Crippen LogP) is 6.17. The highest BCUT2D eigenvalue weighted by Crippen LogP contribution is 2.33. The topological polar surface area (TPSA) is 81.7 Å². The molecule has 0 spiro atoms. The van der Waals surface area contributed by atoms with Gasteiger partial charge in [-0.3, -0.25) is 9.59 Å². The van der Waals surface area contributed by atoms with E-state index in [4.69, 9.17) is 0 Å². The zero-order valence-corrected chi connectivity index (χ0v) is 24.7. The first-order valence-corrected chi connectivity index (χ1v) is 15.0. The number of carbonyl (C=O) groups is 2. The second-order valence-corrected chi connectivity index (χ2v) is 11.3. The Labute approximate surface area is 260 Å². The Kier molecular flexibility index (Phi) is 10.3. The Hall–Kier alpha value is -4.47. The average molecular weight is 616 g/mol. The smallest absolute Gasteiger partial charge is 0.390 e. The van der Waals surface area contributed by atoms with Crippen LogP contribution in [0.25, 0.3) is 0 Å². The van der Waals surface area contributed by atoms with Crippen LogP contribution >= 0.6 is 0 Å². The number of rotatable bonds is 11. The third-order valence-corrected chi connectivity index (χ3v) is 8.09. The SMILES string of the molecule is O=C(N[C@@H](Cc1ccccc1)[C@H](O)CNCc1cccc(C(F)(F)F)c1)c1cccc(C(=O)N2CCCC2c2ccccc2)c1. The number of aliphatic hydroxyl groups excluding tert-OH is 1. The van der Waals surface area contributed by atoms with Crippen molar-refractivity contribution in [2.24, 2.45) is 0 Å². The number of alkyl halides is 3. The van der Waals surface area contributed by atoms with Gasteiger partial charge in [-0.25, -0.2) is 0 Å². The highest BCUT2D eigenvalue weighted by atomic mass is 19.4. The standard InChI is InChI=1S/C36H36F3N3O3/c37-36(38,39)30-17-7-12-26(20-30)23-40-24-33(43)31(21-25-10-3-1-4-11-25)41-34(44)28-15-8-16-29(22-28)35(45)42-19-9-18-32(42)27-13-5-2-6-14-27/h1-8,10-17,20,22,31-33,40,43H,9,18-19,21,23-24H2,(H,41,44)/t31-,32?,33+/m0/s1. The van der Waals surface area contributed by atoms with Gasteiger partial charge in [0.15, 0.2) is 0 Å². The van der Waals surface area contributed by atoms with Gasteiger partial charge < -0.3 is 20.6 Å². The maximum absolute atomic E-state index is 13.6. The van der Waals surface area contributed by atoms with Crippen molar-refractivity contribution in [2.75, 3.05) is 13.1 Å². The fraction of sp³-hybridized carbons (Fsp3) is 0.278. The number of nitrogens with zero attached hydrogens (tertiary/aromatic N) is 1. The highest BCUT2D eigenvalue weighted by Gasteiger charge is 2.32. The van der Waals surface area contributed by atoms with Gasteiger partial charge in [-0.2, -0.15) is 13.2 Å². The van der Waals surface area contributed by atoms with Crippen LogP contribution in [0, 0.1) is 0 Å². The van der Waals surface area contributed by atoms with E-state index in [1.165, 1.54) is 6.07 Å². The lowest BCUT2D eigenvalue weighted by Crippen LogP contribution is -2.48. The van der Waals surface area contributed by atoms with Gasteiger partial charge in [0.2, 0.25) is 0 Å². The number of halogens is 3. The fourth-order valence-electron chi connectivity index (χ4n) is 5.76. The van der Waals surface area contributed by atoms with E-state index < -0.39 is 29.8 Å². The van der Waals surface area contributed by atoms with Crippen molar-refractivity contribution in [3.8, 4) is 0 Å². The van der Waals surface area contributed by atoms with Gasteiger partial charge in [-0.15, -0.1) is 0 Å². The maximum atomic E-state index is 13.6. The van der Waals surface area contributed by atoms with E-state index >= 15 is 0 Å². The molecule has 2 amide bonds. The van der Waals surface area contributed by atoms with Crippen LogP contribution in [0.2, 0.25) is 0 Å². The van der Waals surface area contributed by atoms with Crippen LogP contribution in [-0.4, -0.2) is 47.1 Å². The summed E-state index contributed by atoms with van der Waals surface area (Å²) in [6.07, 6.45) is -3.41. The quantitative estimate of drug-likeness (QED) is 0.188. The summed E-state index contributed by atoms with van der Waals surface area (Å²) >= 11 is 0. The molecule has 1 aliphatic rings. The Balaban J connectivity index is 1.27. The Morgan fingerprint density at radius 3 is 2.24 bits per heavy atom. The molecule has 45 heavy (non-hydrogen) atoms. The number of nitrogens with one attached hydrogen (secondary N) is 2. The van der Waals surface area contributed by atoms with Gasteiger partial charge in [0.05, 0.1) is 23.8 Å². The lowest BCUT2D eigenvalue weighted by Gasteiger charge is -2.26. The Morgan fingerprint density at radius 1 is 0.844 bits per heavy atom. The molecule has 1 fully saturated rings. The number of benzene rings is 4. The zero-order chi connectivity index (χ0) is 31.8. The first kappa shape index (κ1) is 31.9. The molecule has 234 valence electrons. The second-order valence-electron chi connectivity index (χ2n) is 11.3. The molecule has 0 aromatic heterocycles. The Morgan fingerprint density at radius 2 is 1.51 bits per heavy atom. The summed E-state index contributed by atoms with van der Waals surface area (Å²) < 4.78 is 39.3. The number of hydrogen-bond donors (Lipinski definition) is 3. The molecule has 4 aromatic carbocycles. The third-order valence-electron chi connectivity index (χ3n) is 8.09. The highest BCUT2D eigenvalue weighted by molar-refractivity contribution is 6.00. The molecule has 3 N–H and O–H groups in total. The van der Waals surface area contributed by atoms with E-state index in [2.05, 4.69) is 10.6 Å². The fourth-order valence-corrected chi connectivity index (χ4v) is 5.76. The molecular formula is C36H36F3N3O3. The van der Waals surface area contributed by atoms with E-state index in [1.54, 1.807) is 30.3 Å². The molecule has 1 heterocycles. The third kappa shape index (κ3) is 8.38. The number of likely N-dealkylation sites (tertiary alicyclic amines) is 1. The summed E-state index contributed by atoms with van der Waals surface area (Å²) in [5, 5.41) is 17.1. The molecule has 9 heteroatoms. The molecule has 0 radical (unpaired) electrons. The molecule has 0 aliphatic carbocycles. The monoisotopic (exact) mass is 615 g/mol. The van der Waals surface area contributed by atoms with Crippen molar-refractivity contribution < 1.29 is 27.9 Å². The van der Waals surface area contributed by atoms with Crippen molar-refractivity contribution in [3.63, 3.8) is 0 Å². The van der Waals surface area contributed by atoms with E-state index in [-0.39, 0.29) is 25.0 Å². The van der Waals surface area contributed by atoms with E-state index in [1.807, 2.05) is 65.6 Å². The summed E-state index contributed by atoms with van der Waals surface area (Å²) in [5.41, 5.74) is 2.36. The van der Waals surface area contributed by atoms with Gasteiger partial charge in [0.25, 0.3) is 11.8 Å². The molecule has 3 atom stereocenters. The summed E-state index contributed by atoms with van der Waals surface area (Å²) in [6.45, 7) is 0.771. The number of carbonyl (C=O) groups excluding carboxylic acids is 2. The Bertz CT molecular complexity index is 1580. The van der Waals surface area contributed by atoms with E-state index in [0.717, 1.165) is 36.1 Å². The van der Waals surface area contributed by atoms with Gasteiger partial charge >= 0.3 is 6.18 Å². The molecule has 5 rings (SSSR count). The molecule has 0 bridgehead atoms. The molecule has 1 saturated heterocycles. The van der Waals surface area contributed by atoms with Gasteiger partial charge in [0, 0.05) is 30.8 Å². The molecule has 6 nitrogen and oxygen atoms in total. The van der Waals surface area contributed by atoms with Crippen LogP contribution in [0.5, 0.6) is 0 Å². The lowest BCUT2D eigenvalue weighted by atomic mass is 10.00. The summed E-state index contributed by atoms with van der Waals surface area (Å²) in [6, 6.07) is 30.1. The van der Waals surface area contributed by atoms with E-state index in [9.17, 15) is 27.9 Å². The molecule has 1 unspecified atom stereocenters. The number of amides is 2. The minimum absolute atomic E-state index is 0.0231. The predicted molar refractivity (Wildman–Crippen MR) is 166 cm³/mol. The zero-order valence-electron chi connectivity index (χ0n) is 24.7. The maximum Gasteiger partial charge on any atom is 0.416 e. The van der Waals surface area contributed by atoms with Crippen molar-refractivity contribution in [1.29, 1.82) is 0 Å². The van der Waals surface area contributed by atoms with Crippen LogP contribution in [0.3, 0.4) is 0 Å². The molecule has 0 saturated carbocycles. The van der Waals surface area contributed by atoms with Gasteiger partial charge in [-0.1, -0.05) is 84.9 Å². The van der Waals surface area contributed by atoms with E-state index in [0.29, 0.717) is 29.7 Å². The van der Waals surface area contributed by atoms with Crippen LogP contribution in [0.1, 0.15) is 61.9 Å².